The van der Waals surface area contributed by atoms with E-state index in [2.05, 4.69) is 25.9 Å². The third-order valence-electron chi connectivity index (χ3n) is 2.85. The number of carbonyl (C=O) groups is 1. The zero-order valence-electron chi connectivity index (χ0n) is 10.4. The topological polar surface area (TPSA) is 58.6 Å². The number of carbonyl (C=O) groups excluding carboxylic acids is 1. The zero-order chi connectivity index (χ0) is 13.1. The first-order chi connectivity index (χ1) is 8.61. The van der Waals surface area contributed by atoms with E-state index in [-0.39, 0.29) is 5.91 Å². The Morgan fingerprint density at radius 2 is 2.22 bits per heavy atom. The second-order valence-corrected chi connectivity index (χ2v) is 4.97. The molecule has 0 aromatic carbocycles. The maximum atomic E-state index is 11.8. The summed E-state index contributed by atoms with van der Waals surface area (Å²) in [4.78, 5) is 23.9. The molecule has 0 N–H and O–H groups in total. The Bertz CT molecular complexity index is 455. The standard InChI is InChI=1S/C11H15BrN4O2/c1-15-4-3-5-16(7-9(15)17)11-13-6-8(12)10(14-11)18-2/h6H,3-5,7H2,1-2H3. The van der Waals surface area contributed by atoms with Gasteiger partial charge in [0.05, 0.1) is 24.3 Å². The van der Waals surface area contributed by atoms with Crippen LogP contribution in [0.1, 0.15) is 6.42 Å². The number of aromatic nitrogens is 2. The molecule has 1 aliphatic rings. The summed E-state index contributed by atoms with van der Waals surface area (Å²) >= 11 is 3.31. The van der Waals surface area contributed by atoms with Gasteiger partial charge in [-0.15, -0.1) is 0 Å². The van der Waals surface area contributed by atoms with Crippen LogP contribution in [0.4, 0.5) is 5.95 Å². The van der Waals surface area contributed by atoms with Crippen LogP contribution in [0.2, 0.25) is 0 Å². The molecule has 0 radical (unpaired) electrons. The van der Waals surface area contributed by atoms with E-state index in [1.807, 2.05) is 11.9 Å². The number of nitrogens with zero attached hydrogens (tertiary/aromatic N) is 4. The summed E-state index contributed by atoms with van der Waals surface area (Å²) in [6.07, 6.45) is 2.55. The molecule has 0 aliphatic carbocycles. The average molecular weight is 315 g/mol. The highest BCUT2D eigenvalue weighted by Crippen LogP contribution is 2.23. The van der Waals surface area contributed by atoms with Gasteiger partial charge in [0.15, 0.2) is 0 Å². The van der Waals surface area contributed by atoms with E-state index in [1.165, 1.54) is 0 Å². The Hall–Kier alpha value is -1.37. The van der Waals surface area contributed by atoms with Crippen LogP contribution in [0.3, 0.4) is 0 Å². The number of likely N-dealkylation sites (N-methyl/N-ethyl adjacent to an activating group) is 1. The molecule has 0 saturated carbocycles. The van der Waals surface area contributed by atoms with Crippen molar-refractivity contribution in [1.29, 1.82) is 0 Å². The van der Waals surface area contributed by atoms with Gasteiger partial charge in [-0.3, -0.25) is 4.79 Å². The van der Waals surface area contributed by atoms with Gasteiger partial charge in [0.1, 0.15) is 0 Å². The van der Waals surface area contributed by atoms with Gasteiger partial charge in [0, 0.05) is 20.1 Å². The van der Waals surface area contributed by atoms with Crippen molar-refractivity contribution in [2.75, 3.05) is 38.7 Å². The third kappa shape index (κ3) is 2.72. The summed E-state index contributed by atoms with van der Waals surface area (Å²) in [6, 6.07) is 0. The first-order valence-corrected chi connectivity index (χ1v) is 6.46. The van der Waals surface area contributed by atoms with E-state index in [1.54, 1.807) is 18.2 Å². The maximum absolute atomic E-state index is 11.8. The normalized spacial score (nSPS) is 16.7. The molecule has 1 aliphatic heterocycles. The summed E-state index contributed by atoms with van der Waals surface area (Å²) in [6.45, 7) is 1.84. The number of rotatable bonds is 2. The molecule has 1 saturated heterocycles. The van der Waals surface area contributed by atoms with Crippen LogP contribution in [0.5, 0.6) is 5.88 Å². The number of ether oxygens (including phenoxy) is 1. The largest absolute Gasteiger partial charge is 0.480 e. The summed E-state index contributed by atoms with van der Waals surface area (Å²) in [5, 5.41) is 0. The highest BCUT2D eigenvalue weighted by Gasteiger charge is 2.21. The lowest BCUT2D eigenvalue weighted by atomic mass is 10.4. The van der Waals surface area contributed by atoms with Crippen LogP contribution in [-0.4, -0.2) is 54.6 Å². The molecule has 0 unspecified atom stereocenters. The molecule has 1 aromatic rings. The van der Waals surface area contributed by atoms with Crippen molar-refractivity contribution >= 4 is 27.8 Å². The molecule has 18 heavy (non-hydrogen) atoms. The molecule has 1 amide bonds. The second kappa shape index (κ2) is 5.51. The highest BCUT2D eigenvalue weighted by atomic mass is 79.9. The minimum Gasteiger partial charge on any atom is -0.480 e. The Labute approximate surface area is 114 Å². The van der Waals surface area contributed by atoms with Crippen molar-refractivity contribution in [3.8, 4) is 5.88 Å². The molecular formula is C11H15BrN4O2. The minimum absolute atomic E-state index is 0.0815. The number of amides is 1. The Kier molecular flexibility index (Phi) is 4.00. The lowest BCUT2D eigenvalue weighted by Crippen LogP contribution is -2.35. The molecule has 98 valence electrons. The van der Waals surface area contributed by atoms with E-state index in [0.717, 1.165) is 19.5 Å². The van der Waals surface area contributed by atoms with Crippen molar-refractivity contribution in [2.45, 2.75) is 6.42 Å². The van der Waals surface area contributed by atoms with Crippen molar-refractivity contribution in [3.63, 3.8) is 0 Å². The third-order valence-corrected chi connectivity index (χ3v) is 3.39. The van der Waals surface area contributed by atoms with Crippen molar-refractivity contribution in [2.24, 2.45) is 0 Å². The number of anilines is 1. The maximum Gasteiger partial charge on any atom is 0.241 e. The Balaban J connectivity index is 2.22. The fourth-order valence-corrected chi connectivity index (χ4v) is 2.15. The smallest absolute Gasteiger partial charge is 0.241 e. The number of hydrogen-bond donors (Lipinski definition) is 0. The fraction of sp³-hybridized carbons (Fsp3) is 0.545. The van der Waals surface area contributed by atoms with Gasteiger partial charge < -0.3 is 14.5 Å². The van der Waals surface area contributed by atoms with Crippen LogP contribution in [0.15, 0.2) is 10.7 Å². The van der Waals surface area contributed by atoms with Crippen molar-refractivity contribution < 1.29 is 9.53 Å². The van der Waals surface area contributed by atoms with Crippen molar-refractivity contribution in [1.82, 2.24) is 14.9 Å². The second-order valence-electron chi connectivity index (χ2n) is 4.12. The molecule has 0 bridgehead atoms. The monoisotopic (exact) mass is 314 g/mol. The number of halogens is 1. The Morgan fingerprint density at radius 3 is 2.94 bits per heavy atom. The first kappa shape index (κ1) is 13.1. The fourth-order valence-electron chi connectivity index (χ4n) is 1.80. The van der Waals surface area contributed by atoms with Crippen LogP contribution in [0.25, 0.3) is 0 Å². The van der Waals surface area contributed by atoms with E-state index in [9.17, 15) is 4.79 Å². The van der Waals surface area contributed by atoms with Crippen LogP contribution >= 0.6 is 15.9 Å². The van der Waals surface area contributed by atoms with Crippen LogP contribution < -0.4 is 9.64 Å². The highest BCUT2D eigenvalue weighted by molar-refractivity contribution is 9.10. The molecule has 0 atom stereocenters. The van der Waals surface area contributed by atoms with E-state index in [0.29, 0.717) is 22.8 Å². The Morgan fingerprint density at radius 1 is 1.44 bits per heavy atom. The van der Waals surface area contributed by atoms with Gasteiger partial charge in [0.2, 0.25) is 17.7 Å². The van der Waals surface area contributed by atoms with Crippen LogP contribution in [-0.2, 0) is 4.79 Å². The summed E-state index contributed by atoms with van der Waals surface area (Å²) in [5.74, 6) is 1.08. The van der Waals surface area contributed by atoms with Crippen molar-refractivity contribution in [3.05, 3.63) is 10.7 Å². The lowest BCUT2D eigenvalue weighted by Gasteiger charge is -2.19. The first-order valence-electron chi connectivity index (χ1n) is 5.67. The van der Waals surface area contributed by atoms with Gasteiger partial charge >= 0.3 is 0 Å². The molecule has 2 rings (SSSR count). The van der Waals surface area contributed by atoms with Gasteiger partial charge in [-0.1, -0.05) is 0 Å². The van der Waals surface area contributed by atoms with E-state index < -0.39 is 0 Å². The summed E-state index contributed by atoms with van der Waals surface area (Å²) in [7, 11) is 3.37. The predicted molar refractivity (Wildman–Crippen MR) is 70.8 cm³/mol. The number of hydrogen-bond acceptors (Lipinski definition) is 5. The molecule has 7 heteroatoms. The molecular weight excluding hydrogens is 300 g/mol. The van der Waals surface area contributed by atoms with Gasteiger partial charge in [0.25, 0.3) is 0 Å². The van der Waals surface area contributed by atoms with Crippen LogP contribution in [0, 0.1) is 0 Å². The van der Waals surface area contributed by atoms with E-state index >= 15 is 0 Å². The molecule has 2 heterocycles. The minimum atomic E-state index is 0.0815. The summed E-state index contributed by atoms with van der Waals surface area (Å²) in [5.41, 5.74) is 0. The number of methoxy groups -OCH3 is 1. The SMILES string of the molecule is COc1nc(N2CCCN(C)C(=O)C2)ncc1Br. The predicted octanol–water partition coefficient (Wildman–Crippen LogP) is 0.916. The van der Waals surface area contributed by atoms with Gasteiger partial charge in [-0.05, 0) is 22.4 Å². The van der Waals surface area contributed by atoms with E-state index in [4.69, 9.17) is 4.74 Å². The summed E-state index contributed by atoms with van der Waals surface area (Å²) < 4.78 is 5.84. The molecule has 0 spiro atoms. The zero-order valence-corrected chi connectivity index (χ0v) is 12.0. The molecule has 6 nitrogen and oxygen atoms in total. The molecule has 1 fully saturated rings. The average Bonchev–Trinajstić information content (AvgIpc) is 2.53. The molecule has 1 aromatic heterocycles. The lowest BCUT2D eigenvalue weighted by molar-refractivity contribution is -0.127. The van der Waals surface area contributed by atoms with Gasteiger partial charge in [-0.2, -0.15) is 4.98 Å². The quantitative estimate of drug-likeness (QED) is 0.812. The van der Waals surface area contributed by atoms with Gasteiger partial charge in [-0.25, -0.2) is 4.98 Å².